The van der Waals surface area contributed by atoms with Crippen LogP contribution in [0.15, 0.2) is 34.3 Å². The Morgan fingerprint density at radius 3 is 0.700 bits per heavy atom. The van der Waals surface area contributed by atoms with E-state index < -0.39 is 0 Å². The summed E-state index contributed by atoms with van der Waals surface area (Å²) in [5, 5.41) is 45.4. The van der Waals surface area contributed by atoms with E-state index in [1.54, 1.807) is 66.7 Å². The Hall–Kier alpha value is -4.52. The molecule has 0 unspecified atom stereocenters. The van der Waals surface area contributed by atoms with Gasteiger partial charge in [-0.1, -0.05) is 36.6 Å². The molecule has 12 rings (SSSR count). The number of carbonyl (C=O) groups is 8. The third-order valence-electron chi connectivity index (χ3n) is 15.6. The molecule has 10 aliphatic rings. The number of likely N-dealkylation sites (N-methyl/N-ethyl adjacent to an activating group) is 2. The molecule has 2 aromatic rings. The van der Waals surface area contributed by atoms with Gasteiger partial charge in [0.1, 0.15) is 49.0 Å². The largest absolute Gasteiger partial charge is 2.00 e. The molecule has 0 radical (unpaired) electrons. The average Bonchev–Trinajstić information content (AvgIpc) is 2.90. The zero-order chi connectivity index (χ0) is 66.3. The fraction of sp³-hybridized carbons (Fsp3) is 0.600. The smallest absolute Gasteiger partial charge is 0.860 e. The first-order chi connectivity index (χ1) is 41.3. The van der Waals surface area contributed by atoms with Gasteiger partial charge in [-0.05, 0) is 73.6 Å². The molecule has 12 heterocycles. The van der Waals surface area contributed by atoms with Crippen molar-refractivity contribution in [3.8, 4) is 11.8 Å². The molecule has 30 heteroatoms. The molecule has 0 atom stereocenters. The van der Waals surface area contributed by atoms with Crippen LogP contribution in [-0.4, -0.2) is 325 Å². The van der Waals surface area contributed by atoms with E-state index in [-0.39, 0.29) is 99.1 Å². The van der Waals surface area contributed by atoms with Crippen molar-refractivity contribution in [2.45, 2.75) is 113 Å². The average molecular weight is 1380 g/mol. The predicted octanol–water partition coefficient (Wildman–Crippen LogP) is -0.593. The van der Waals surface area contributed by atoms with Gasteiger partial charge in [-0.25, -0.2) is 9.15 Å². The fourth-order valence-corrected chi connectivity index (χ4v) is 10.1. The molecule has 10 aliphatic heterocycles. The summed E-state index contributed by atoms with van der Waals surface area (Å²) in [7, 11) is 21.1. The van der Waals surface area contributed by atoms with Gasteiger partial charge in [0.2, 0.25) is 35.4 Å². The van der Waals surface area contributed by atoms with E-state index in [1.807, 2.05) is 56.4 Å². The molecule has 2 aromatic heterocycles. The first kappa shape index (κ1) is 83.5. The number of nitrogens with zero attached hydrogens (tertiary/aromatic N) is 12. The zero-order valence-corrected chi connectivity index (χ0v) is 62.3. The van der Waals surface area contributed by atoms with Crippen molar-refractivity contribution in [1.82, 2.24) is 48.3 Å². The van der Waals surface area contributed by atoms with Gasteiger partial charge in [-0.2, -0.15) is 0 Å². The van der Waals surface area contributed by atoms with Gasteiger partial charge in [-0.15, -0.1) is 10.1 Å². The van der Waals surface area contributed by atoms with Crippen LogP contribution in [0.4, 0.5) is 0 Å². The molecule has 0 saturated carbocycles. The maximum Gasteiger partial charge on any atom is 2.00 e. The maximum atomic E-state index is 11.8. The van der Waals surface area contributed by atoms with E-state index in [1.165, 1.54) is 43.2 Å². The summed E-state index contributed by atoms with van der Waals surface area (Å²) < 4.78 is 6.19. The number of aromatic nitrogens is 2. The first-order valence-electron chi connectivity index (χ1n) is 29.4. The Kier molecular flexibility index (Phi) is 38.3. The van der Waals surface area contributed by atoms with Crippen LogP contribution in [0.5, 0.6) is 11.8 Å². The van der Waals surface area contributed by atoms with Gasteiger partial charge in [0, 0.05) is 174 Å². The van der Waals surface area contributed by atoms with Gasteiger partial charge >= 0.3 is 75.5 Å². The van der Waals surface area contributed by atoms with E-state index in [4.69, 9.17) is 49.7 Å². The number of thiocarbonyl (C=S) groups is 2. The third kappa shape index (κ3) is 26.1. The number of rotatable bonds is 2. The molecular weight excluding hydrogens is 1290 g/mol. The van der Waals surface area contributed by atoms with Gasteiger partial charge in [0.15, 0.2) is 0 Å². The van der Waals surface area contributed by atoms with Crippen LogP contribution in [0.2, 0.25) is 0 Å². The second-order valence-corrected chi connectivity index (χ2v) is 24.1. The number of carbonyl (C=O) groups excluding carboxylic acids is 8. The van der Waals surface area contributed by atoms with Crippen molar-refractivity contribution in [1.29, 1.82) is 0 Å². The minimum atomic E-state index is -0.261. The van der Waals surface area contributed by atoms with Crippen molar-refractivity contribution < 1.29 is 67.9 Å². The minimum absolute atomic E-state index is 0. The van der Waals surface area contributed by atoms with E-state index >= 15 is 0 Å². The summed E-state index contributed by atoms with van der Waals surface area (Å²) in [6.45, 7) is 7.66. The van der Waals surface area contributed by atoms with Crippen molar-refractivity contribution >= 4 is 205 Å². The van der Waals surface area contributed by atoms with E-state index in [9.17, 15) is 58.8 Å². The topological polar surface area (TPSA) is 271 Å². The molecule has 8 amide bonds. The summed E-state index contributed by atoms with van der Waals surface area (Å²) >= 11 is 19.9. The quantitative estimate of drug-likeness (QED) is 0.157. The van der Waals surface area contributed by atoms with Crippen molar-refractivity contribution in [2.24, 2.45) is 14.1 Å². The molecule has 0 N–H and O–H groups in total. The molecule has 0 bridgehead atoms. The van der Waals surface area contributed by atoms with Gasteiger partial charge in [-0.3, -0.25) is 38.4 Å². The van der Waals surface area contributed by atoms with E-state index in [0.717, 1.165) is 155 Å². The SMILES string of the molecule is CN1C(=O)C(c2cc([S-])n(C)c2[O-])=CC1=S.CN1C(=O)C(c2cc([S-])n(C)c2[O-])=CC1=S.CN1CCCC1=O.CN1CCCC1=O.CN1CCCC1=O.CN1CCCC1=O.CN1CCCC1=O.CN1CCCC1=O.C[N+]1=C([O-])CCC1.C[N+]1=C([O-])CCC1.[Ca+2].[Ca+2]. The molecule has 0 aromatic carbocycles. The van der Waals surface area contributed by atoms with Gasteiger partial charge in [0.05, 0.1) is 11.1 Å². The number of hydrogen-bond donors (Lipinski definition) is 0. The molecule has 0 aliphatic carbocycles. The molecule has 0 spiro atoms. The monoisotopic (exact) mass is 1380 g/mol. The summed E-state index contributed by atoms with van der Waals surface area (Å²) in [5.74, 6) is 1.29. The number of amides is 8. The summed E-state index contributed by atoms with van der Waals surface area (Å²) in [4.78, 5) is 101. The van der Waals surface area contributed by atoms with E-state index in [0.29, 0.717) is 89.5 Å². The van der Waals surface area contributed by atoms with Gasteiger partial charge < -0.3 is 94.0 Å². The second-order valence-electron chi connectivity index (χ2n) is 22.4. The minimum Gasteiger partial charge on any atom is -0.860 e. The predicted molar refractivity (Wildman–Crippen MR) is 351 cm³/mol. The Balaban J connectivity index is 0.000000510. The Morgan fingerprint density at radius 2 is 0.611 bits per heavy atom. The van der Waals surface area contributed by atoms with Crippen molar-refractivity contribution in [2.75, 3.05) is 123 Å². The number of hydrogen-bond acceptors (Lipinski definition) is 16. The zero-order valence-electron chi connectivity index (χ0n) is 54.6. The molecule has 24 nitrogen and oxygen atoms in total. The summed E-state index contributed by atoms with van der Waals surface area (Å²) in [5.41, 5.74) is 1.29. The maximum absolute atomic E-state index is 11.8. The standard InChI is InChI=1S/2C10H10N2O2S2.8C5H9NO.2Ca/c2*1-11-7(15)3-5(9(11)13)6-4-8(16)12(2)10(6)14;8*1-6-4-2-3-5(6)7;;/h2*3-4,13,15H,1-2H3;8*2-4H2,1H3;;/q;;;;;;;;;;2*+2/p-4. The van der Waals surface area contributed by atoms with Crippen molar-refractivity contribution in [3.05, 3.63) is 35.4 Å². The molecule has 6 fully saturated rings. The second kappa shape index (κ2) is 41.2. The molecule has 90 heavy (non-hydrogen) atoms. The van der Waals surface area contributed by atoms with Crippen LogP contribution in [0.25, 0.3) is 11.1 Å². The molecule has 488 valence electrons. The van der Waals surface area contributed by atoms with Crippen LogP contribution >= 0.6 is 24.4 Å². The summed E-state index contributed by atoms with van der Waals surface area (Å²) in [6, 6.07) is 3.06. The van der Waals surface area contributed by atoms with Gasteiger partial charge in [0.25, 0.3) is 11.8 Å². The Bertz CT molecular complexity index is 2690. The van der Waals surface area contributed by atoms with Crippen LogP contribution < -0.4 is 20.4 Å². The molecule has 6 saturated heterocycles. The van der Waals surface area contributed by atoms with Crippen LogP contribution in [0.3, 0.4) is 0 Å². The Morgan fingerprint density at radius 1 is 0.389 bits per heavy atom. The van der Waals surface area contributed by atoms with Crippen LogP contribution in [-0.2, 0) is 77.7 Å². The third-order valence-corrected chi connectivity index (χ3v) is 17.2. The first-order valence-corrected chi connectivity index (χ1v) is 31.0. The van der Waals surface area contributed by atoms with E-state index in [2.05, 4.69) is 0 Å². The van der Waals surface area contributed by atoms with Crippen molar-refractivity contribution in [3.63, 3.8) is 0 Å². The summed E-state index contributed by atoms with van der Waals surface area (Å²) in [6.07, 6.45) is 17.6. The fourth-order valence-electron chi connectivity index (χ4n) is 9.29. The Labute approximate surface area is 612 Å². The normalized spacial score (nSPS) is 18.9. The number of likely N-dealkylation sites (tertiary alicyclic amines) is 6. The van der Waals surface area contributed by atoms with Crippen LogP contribution in [0.1, 0.15) is 114 Å². The molecular formula is C60H88Ca2N12O12S4. The van der Waals surface area contributed by atoms with Crippen LogP contribution in [0, 0.1) is 0 Å².